The molecule has 0 aromatic carbocycles. The second-order valence-electron chi connectivity index (χ2n) is 5.21. The smallest absolute Gasteiger partial charge is 0.229 e. The topological polar surface area (TPSA) is 91.4 Å². The third kappa shape index (κ3) is 3.30. The maximum atomic E-state index is 9.75. The van der Waals surface area contributed by atoms with Gasteiger partial charge < -0.3 is 15.7 Å². The molecular formula is C12H22N6O. The zero-order valence-corrected chi connectivity index (χ0v) is 11.7. The van der Waals surface area contributed by atoms with E-state index in [1.807, 2.05) is 21.0 Å². The average molecular weight is 266 g/mol. The van der Waals surface area contributed by atoms with Crippen molar-refractivity contribution >= 4 is 11.9 Å². The van der Waals surface area contributed by atoms with Gasteiger partial charge in [-0.05, 0) is 26.3 Å². The standard InChI is InChI=1S/C12H22N6O/c1-8(18-6-4-5-9(19)7-18)10-14-11(13)16-12(15-10)17(2)3/h8-9,19H,4-7H2,1-3H3,(H2,13,14,15,16). The van der Waals surface area contributed by atoms with E-state index in [0.29, 0.717) is 18.3 Å². The second kappa shape index (κ2) is 5.66. The third-order valence-corrected chi connectivity index (χ3v) is 3.41. The van der Waals surface area contributed by atoms with Crippen molar-refractivity contribution in [2.75, 3.05) is 37.8 Å². The molecule has 0 aliphatic carbocycles. The Morgan fingerprint density at radius 1 is 1.37 bits per heavy atom. The quantitative estimate of drug-likeness (QED) is 0.798. The number of anilines is 2. The van der Waals surface area contributed by atoms with Gasteiger partial charge >= 0.3 is 0 Å². The molecule has 0 spiro atoms. The van der Waals surface area contributed by atoms with Crippen LogP contribution in [0.5, 0.6) is 0 Å². The number of aliphatic hydroxyl groups is 1. The summed E-state index contributed by atoms with van der Waals surface area (Å²) in [6.45, 7) is 3.64. The van der Waals surface area contributed by atoms with Crippen molar-refractivity contribution in [3.63, 3.8) is 0 Å². The Bertz CT molecular complexity index is 438. The van der Waals surface area contributed by atoms with Crippen LogP contribution >= 0.6 is 0 Å². The fourth-order valence-corrected chi connectivity index (χ4v) is 2.28. The highest BCUT2D eigenvalue weighted by molar-refractivity contribution is 5.33. The Balaban J connectivity index is 2.20. The molecule has 106 valence electrons. The lowest BCUT2D eigenvalue weighted by atomic mass is 10.1. The maximum Gasteiger partial charge on any atom is 0.229 e. The van der Waals surface area contributed by atoms with Crippen molar-refractivity contribution in [1.29, 1.82) is 0 Å². The van der Waals surface area contributed by atoms with Gasteiger partial charge in [0.25, 0.3) is 0 Å². The van der Waals surface area contributed by atoms with Gasteiger partial charge in [-0.25, -0.2) is 0 Å². The van der Waals surface area contributed by atoms with Gasteiger partial charge in [0.15, 0.2) is 5.82 Å². The number of β-amino-alcohol motifs (C(OH)–C–C–N with tert-alkyl or cyclic N) is 1. The third-order valence-electron chi connectivity index (χ3n) is 3.41. The number of aliphatic hydroxyl groups excluding tert-OH is 1. The van der Waals surface area contributed by atoms with Gasteiger partial charge in [-0.1, -0.05) is 0 Å². The first-order chi connectivity index (χ1) is 8.97. The van der Waals surface area contributed by atoms with E-state index in [1.165, 1.54) is 0 Å². The summed E-state index contributed by atoms with van der Waals surface area (Å²) >= 11 is 0. The van der Waals surface area contributed by atoms with Crippen LogP contribution in [0.15, 0.2) is 0 Å². The number of hydrogen-bond acceptors (Lipinski definition) is 7. The van der Waals surface area contributed by atoms with Crippen LogP contribution in [0, 0.1) is 0 Å². The van der Waals surface area contributed by atoms with Gasteiger partial charge in [0, 0.05) is 20.6 Å². The lowest BCUT2D eigenvalue weighted by Crippen LogP contribution is -2.40. The molecule has 1 saturated heterocycles. The minimum absolute atomic E-state index is 0.0268. The zero-order valence-electron chi connectivity index (χ0n) is 11.7. The normalized spacial score (nSPS) is 22.2. The fraction of sp³-hybridized carbons (Fsp3) is 0.750. The molecular weight excluding hydrogens is 244 g/mol. The lowest BCUT2D eigenvalue weighted by molar-refractivity contribution is 0.0484. The summed E-state index contributed by atoms with van der Waals surface area (Å²) in [4.78, 5) is 16.7. The van der Waals surface area contributed by atoms with E-state index in [4.69, 9.17) is 5.73 Å². The molecule has 2 atom stereocenters. The van der Waals surface area contributed by atoms with Crippen LogP contribution in [0.4, 0.5) is 11.9 Å². The Morgan fingerprint density at radius 3 is 2.74 bits per heavy atom. The summed E-state index contributed by atoms with van der Waals surface area (Å²) in [5.41, 5.74) is 5.74. The molecule has 1 aromatic heterocycles. The summed E-state index contributed by atoms with van der Waals surface area (Å²) in [5, 5.41) is 9.75. The number of likely N-dealkylation sites (tertiary alicyclic amines) is 1. The van der Waals surface area contributed by atoms with Crippen LogP contribution < -0.4 is 10.6 Å². The van der Waals surface area contributed by atoms with Gasteiger partial charge in [0.05, 0.1) is 12.1 Å². The Kier molecular flexibility index (Phi) is 4.16. The van der Waals surface area contributed by atoms with Crippen molar-refractivity contribution in [3.05, 3.63) is 5.82 Å². The van der Waals surface area contributed by atoms with Crippen molar-refractivity contribution in [1.82, 2.24) is 19.9 Å². The molecule has 1 aliphatic heterocycles. The van der Waals surface area contributed by atoms with Crippen molar-refractivity contribution in [2.24, 2.45) is 0 Å². The van der Waals surface area contributed by atoms with Gasteiger partial charge in [-0.3, -0.25) is 4.90 Å². The SMILES string of the molecule is CC(c1nc(N)nc(N(C)C)n1)N1CCCC(O)C1. The zero-order chi connectivity index (χ0) is 14.0. The molecule has 7 nitrogen and oxygen atoms in total. The minimum atomic E-state index is -0.260. The maximum absolute atomic E-state index is 9.75. The van der Waals surface area contributed by atoms with E-state index in [2.05, 4.69) is 19.9 Å². The predicted octanol–water partition coefficient (Wildman–Crippen LogP) is 0.0375. The Labute approximate surface area is 113 Å². The first-order valence-corrected chi connectivity index (χ1v) is 6.58. The molecule has 1 fully saturated rings. The van der Waals surface area contributed by atoms with Crippen LogP contribution in [0.1, 0.15) is 31.6 Å². The number of piperidine rings is 1. The van der Waals surface area contributed by atoms with Crippen LogP contribution in [-0.4, -0.2) is 58.2 Å². The highest BCUT2D eigenvalue weighted by Gasteiger charge is 2.25. The summed E-state index contributed by atoms with van der Waals surface area (Å²) in [6, 6.07) is 0.0268. The van der Waals surface area contributed by atoms with Crippen LogP contribution in [0.2, 0.25) is 0 Å². The molecule has 0 amide bonds. The summed E-state index contributed by atoms with van der Waals surface area (Å²) in [6.07, 6.45) is 1.60. The molecule has 0 bridgehead atoms. The number of hydrogen-bond donors (Lipinski definition) is 2. The van der Waals surface area contributed by atoms with E-state index in [0.717, 1.165) is 19.4 Å². The number of nitrogens with zero attached hydrogens (tertiary/aromatic N) is 5. The van der Waals surface area contributed by atoms with Crippen LogP contribution in [0.25, 0.3) is 0 Å². The van der Waals surface area contributed by atoms with Crippen LogP contribution in [-0.2, 0) is 0 Å². The van der Waals surface area contributed by atoms with E-state index < -0.39 is 0 Å². The first kappa shape index (κ1) is 14.0. The van der Waals surface area contributed by atoms with E-state index in [1.54, 1.807) is 4.90 Å². The second-order valence-corrected chi connectivity index (χ2v) is 5.21. The monoisotopic (exact) mass is 266 g/mol. The lowest BCUT2D eigenvalue weighted by Gasteiger charge is -2.34. The van der Waals surface area contributed by atoms with Crippen LogP contribution in [0.3, 0.4) is 0 Å². The van der Waals surface area contributed by atoms with E-state index in [-0.39, 0.29) is 18.1 Å². The molecule has 3 N–H and O–H groups in total. The molecule has 7 heteroatoms. The average Bonchev–Trinajstić information content (AvgIpc) is 2.37. The molecule has 2 rings (SSSR count). The van der Waals surface area contributed by atoms with Gasteiger partial charge in [-0.2, -0.15) is 15.0 Å². The summed E-state index contributed by atoms with van der Waals surface area (Å²) in [5.74, 6) is 1.45. The fourth-order valence-electron chi connectivity index (χ4n) is 2.28. The number of nitrogen functional groups attached to an aromatic ring is 1. The number of nitrogens with two attached hydrogens (primary N) is 1. The van der Waals surface area contributed by atoms with Crippen molar-refractivity contribution in [2.45, 2.75) is 31.9 Å². The first-order valence-electron chi connectivity index (χ1n) is 6.58. The van der Waals surface area contributed by atoms with Gasteiger partial charge in [-0.15, -0.1) is 0 Å². The molecule has 2 heterocycles. The molecule has 0 saturated carbocycles. The number of rotatable bonds is 3. The minimum Gasteiger partial charge on any atom is -0.392 e. The van der Waals surface area contributed by atoms with E-state index in [9.17, 15) is 5.11 Å². The number of aromatic nitrogens is 3. The molecule has 1 aromatic rings. The largest absolute Gasteiger partial charge is 0.392 e. The van der Waals surface area contributed by atoms with Crippen molar-refractivity contribution < 1.29 is 5.11 Å². The molecule has 0 radical (unpaired) electrons. The molecule has 1 aliphatic rings. The molecule has 2 unspecified atom stereocenters. The van der Waals surface area contributed by atoms with Gasteiger partial charge in [0.2, 0.25) is 11.9 Å². The summed E-state index contributed by atoms with van der Waals surface area (Å²) in [7, 11) is 3.74. The Hall–Kier alpha value is -1.47. The Morgan fingerprint density at radius 2 is 2.11 bits per heavy atom. The van der Waals surface area contributed by atoms with Gasteiger partial charge in [0.1, 0.15) is 0 Å². The highest BCUT2D eigenvalue weighted by Crippen LogP contribution is 2.23. The van der Waals surface area contributed by atoms with E-state index >= 15 is 0 Å². The molecule has 19 heavy (non-hydrogen) atoms. The predicted molar refractivity (Wildman–Crippen MR) is 73.8 cm³/mol. The highest BCUT2D eigenvalue weighted by atomic mass is 16.3. The summed E-state index contributed by atoms with van der Waals surface area (Å²) < 4.78 is 0. The van der Waals surface area contributed by atoms with Crippen molar-refractivity contribution in [3.8, 4) is 0 Å².